The van der Waals surface area contributed by atoms with Gasteiger partial charge in [-0.2, -0.15) is 0 Å². The molecule has 5 nitrogen and oxygen atoms in total. The van der Waals surface area contributed by atoms with E-state index in [2.05, 4.69) is 15.2 Å². The van der Waals surface area contributed by atoms with Gasteiger partial charge in [0.1, 0.15) is 0 Å². The number of pyridine rings is 1. The van der Waals surface area contributed by atoms with Crippen LogP contribution in [-0.4, -0.2) is 41.5 Å². The number of hydrogen-bond acceptors (Lipinski definition) is 4. The maximum atomic E-state index is 12.0. The van der Waals surface area contributed by atoms with E-state index in [1.165, 1.54) is 0 Å². The molecule has 3 atom stereocenters. The Hall–Kier alpha value is -1.46. The van der Waals surface area contributed by atoms with E-state index >= 15 is 0 Å². The van der Waals surface area contributed by atoms with Crippen LogP contribution in [0.2, 0.25) is 0 Å². The molecule has 2 rings (SSSR count). The lowest BCUT2D eigenvalue weighted by atomic mass is 10.00. The molecule has 3 unspecified atom stereocenters. The van der Waals surface area contributed by atoms with Crippen molar-refractivity contribution < 1.29 is 4.79 Å². The molecule has 2 heterocycles. The predicted molar refractivity (Wildman–Crippen MR) is 74.4 cm³/mol. The number of nitrogens with zero attached hydrogens (tertiary/aromatic N) is 2. The van der Waals surface area contributed by atoms with Crippen LogP contribution in [0.4, 0.5) is 0 Å². The first-order chi connectivity index (χ1) is 9.15. The van der Waals surface area contributed by atoms with Crippen LogP contribution in [0.3, 0.4) is 0 Å². The quantitative estimate of drug-likeness (QED) is 0.837. The Labute approximate surface area is 114 Å². The smallest absolute Gasteiger partial charge is 0.237 e. The van der Waals surface area contributed by atoms with Gasteiger partial charge in [0.25, 0.3) is 0 Å². The second kappa shape index (κ2) is 6.12. The minimum Gasteiger partial charge on any atom is -0.358 e. The molecule has 1 amide bonds. The zero-order valence-electron chi connectivity index (χ0n) is 11.5. The van der Waals surface area contributed by atoms with Crippen molar-refractivity contribution in [3.63, 3.8) is 0 Å². The fourth-order valence-electron chi connectivity index (χ4n) is 2.92. The average molecular weight is 262 g/mol. The molecule has 19 heavy (non-hydrogen) atoms. The van der Waals surface area contributed by atoms with Gasteiger partial charge in [-0.05, 0) is 37.9 Å². The Kier molecular flexibility index (Phi) is 4.50. The molecular formula is C14H22N4O. The van der Waals surface area contributed by atoms with Crippen LogP contribution in [-0.2, 0) is 4.79 Å². The SMILES string of the molecule is CNC(=O)C1CCCN1C(c1cccnc1)C(C)N. The van der Waals surface area contributed by atoms with Crippen molar-refractivity contribution in [2.45, 2.75) is 37.9 Å². The zero-order chi connectivity index (χ0) is 13.8. The predicted octanol–water partition coefficient (Wildman–Crippen LogP) is 0.680. The van der Waals surface area contributed by atoms with Gasteiger partial charge in [-0.3, -0.25) is 14.7 Å². The number of carbonyl (C=O) groups excluding carboxylic acids is 1. The largest absolute Gasteiger partial charge is 0.358 e. The molecule has 5 heteroatoms. The van der Waals surface area contributed by atoms with E-state index in [9.17, 15) is 4.79 Å². The van der Waals surface area contributed by atoms with Gasteiger partial charge in [-0.1, -0.05) is 6.07 Å². The van der Waals surface area contributed by atoms with Crippen molar-refractivity contribution in [3.05, 3.63) is 30.1 Å². The maximum absolute atomic E-state index is 12.0. The number of carbonyl (C=O) groups is 1. The van der Waals surface area contributed by atoms with E-state index in [-0.39, 0.29) is 24.0 Å². The van der Waals surface area contributed by atoms with Gasteiger partial charge in [0.15, 0.2) is 0 Å². The number of likely N-dealkylation sites (tertiary alicyclic amines) is 1. The summed E-state index contributed by atoms with van der Waals surface area (Å²) in [5.41, 5.74) is 7.23. The molecule has 0 bridgehead atoms. The summed E-state index contributed by atoms with van der Waals surface area (Å²) in [7, 11) is 1.68. The molecule has 1 aliphatic rings. The summed E-state index contributed by atoms with van der Waals surface area (Å²) in [6.45, 7) is 2.89. The number of rotatable bonds is 4. The van der Waals surface area contributed by atoms with E-state index in [4.69, 9.17) is 5.73 Å². The number of nitrogens with one attached hydrogen (secondary N) is 1. The molecule has 3 N–H and O–H groups in total. The van der Waals surface area contributed by atoms with Crippen LogP contribution in [0.5, 0.6) is 0 Å². The minimum atomic E-state index is -0.0822. The third-order valence-corrected chi connectivity index (χ3v) is 3.72. The standard InChI is InChI=1S/C14H22N4O/c1-10(15)13(11-5-3-7-17-9-11)18-8-4-6-12(18)14(19)16-2/h3,5,7,9-10,12-13H,4,6,8,15H2,1-2H3,(H,16,19). The van der Waals surface area contributed by atoms with Gasteiger partial charge in [-0.15, -0.1) is 0 Å². The Morgan fingerprint density at radius 1 is 1.63 bits per heavy atom. The number of likely N-dealkylation sites (N-methyl/N-ethyl adjacent to an activating group) is 1. The molecule has 0 spiro atoms. The van der Waals surface area contributed by atoms with Gasteiger partial charge in [0.05, 0.1) is 12.1 Å². The maximum Gasteiger partial charge on any atom is 0.237 e. The highest BCUT2D eigenvalue weighted by molar-refractivity contribution is 5.81. The van der Waals surface area contributed by atoms with Crippen molar-refractivity contribution in [1.82, 2.24) is 15.2 Å². The van der Waals surface area contributed by atoms with E-state index in [0.29, 0.717) is 0 Å². The molecule has 0 radical (unpaired) electrons. The van der Waals surface area contributed by atoms with Crippen molar-refractivity contribution in [1.29, 1.82) is 0 Å². The van der Waals surface area contributed by atoms with Crippen LogP contribution in [0.25, 0.3) is 0 Å². The minimum absolute atomic E-state index is 0.0403. The van der Waals surface area contributed by atoms with Crippen LogP contribution in [0, 0.1) is 0 Å². The molecule has 0 saturated carbocycles. The Bertz CT molecular complexity index is 421. The van der Waals surface area contributed by atoms with E-state index in [0.717, 1.165) is 24.9 Å². The first kappa shape index (κ1) is 14.0. The lowest BCUT2D eigenvalue weighted by molar-refractivity contribution is -0.125. The molecule has 1 fully saturated rings. The van der Waals surface area contributed by atoms with Gasteiger partial charge in [0.2, 0.25) is 5.91 Å². The first-order valence-electron chi connectivity index (χ1n) is 6.78. The number of aromatic nitrogens is 1. The fourth-order valence-corrected chi connectivity index (χ4v) is 2.92. The second-order valence-corrected chi connectivity index (χ2v) is 5.10. The highest BCUT2D eigenvalue weighted by atomic mass is 16.2. The fraction of sp³-hybridized carbons (Fsp3) is 0.571. The summed E-state index contributed by atoms with van der Waals surface area (Å²) in [5, 5.41) is 2.75. The summed E-state index contributed by atoms with van der Waals surface area (Å²) < 4.78 is 0. The first-order valence-corrected chi connectivity index (χ1v) is 6.78. The summed E-state index contributed by atoms with van der Waals surface area (Å²) in [5.74, 6) is 0.0760. The van der Waals surface area contributed by atoms with Crippen LogP contribution < -0.4 is 11.1 Å². The van der Waals surface area contributed by atoms with Crippen molar-refractivity contribution in [3.8, 4) is 0 Å². The van der Waals surface area contributed by atoms with Crippen molar-refractivity contribution in [2.75, 3.05) is 13.6 Å². The summed E-state index contributed by atoms with van der Waals surface area (Å²) in [4.78, 5) is 18.3. The monoisotopic (exact) mass is 262 g/mol. The topological polar surface area (TPSA) is 71.2 Å². The van der Waals surface area contributed by atoms with Gasteiger partial charge in [0, 0.05) is 25.5 Å². The van der Waals surface area contributed by atoms with Crippen molar-refractivity contribution in [2.24, 2.45) is 5.73 Å². The molecule has 1 saturated heterocycles. The molecule has 1 aromatic heterocycles. The number of amides is 1. The van der Waals surface area contributed by atoms with Gasteiger partial charge in [-0.25, -0.2) is 0 Å². The number of nitrogens with two attached hydrogens (primary N) is 1. The van der Waals surface area contributed by atoms with E-state index < -0.39 is 0 Å². The Morgan fingerprint density at radius 2 is 2.42 bits per heavy atom. The average Bonchev–Trinajstić information content (AvgIpc) is 2.88. The van der Waals surface area contributed by atoms with Crippen LogP contribution in [0.1, 0.15) is 31.4 Å². The highest BCUT2D eigenvalue weighted by Crippen LogP contribution is 2.31. The van der Waals surface area contributed by atoms with Gasteiger partial charge < -0.3 is 11.1 Å². The Balaban J connectivity index is 2.27. The third-order valence-electron chi connectivity index (χ3n) is 3.72. The Morgan fingerprint density at radius 3 is 3.00 bits per heavy atom. The number of hydrogen-bond donors (Lipinski definition) is 2. The van der Waals surface area contributed by atoms with Crippen LogP contribution in [0.15, 0.2) is 24.5 Å². The summed E-state index contributed by atoms with van der Waals surface area (Å²) >= 11 is 0. The summed E-state index contributed by atoms with van der Waals surface area (Å²) in [6.07, 6.45) is 5.51. The van der Waals surface area contributed by atoms with E-state index in [1.54, 1.807) is 13.2 Å². The lowest BCUT2D eigenvalue weighted by Crippen LogP contribution is -2.48. The zero-order valence-corrected chi connectivity index (χ0v) is 11.5. The van der Waals surface area contributed by atoms with E-state index in [1.807, 2.05) is 25.3 Å². The van der Waals surface area contributed by atoms with Gasteiger partial charge >= 0.3 is 0 Å². The highest BCUT2D eigenvalue weighted by Gasteiger charge is 2.37. The normalized spacial score (nSPS) is 23.0. The van der Waals surface area contributed by atoms with Crippen molar-refractivity contribution >= 4 is 5.91 Å². The third kappa shape index (κ3) is 2.93. The molecule has 1 aliphatic heterocycles. The lowest BCUT2D eigenvalue weighted by Gasteiger charge is -2.34. The molecule has 0 aromatic carbocycles. The molecule has 104 valence electrons. The molecular weight excluding hydrogens is 240 g/mol. The van der Waals surface area contributed by atoms with Crippen LogP contribution >= 0.6 is 0 Å². The molecule has 0 aliphatic carbocycles. The summed E-state index contributed by atoms with van der Waals surface area (Å²) in [6, 6.07) is 3.85. The molecule has 1 aromatic rings. The second-order valence-electron chi connectivity index (χ2n) is 5.10.